The molecule has 0 bridgehead atoms. The van der Waals surface area contributed by atoms with E-state index in [9.17, 15) is 8.42 Å². The van der Waals surface area contributed by atoms with Crippen molar-refractivity contribution in [3.63, 3.8) is 0 Å². The Hall–Kier alpha value is -1.77. The molecule has 1 aliphatic rings. The van der Waals surface area contributed by atoms with Crippen molar-refractivity contribution in [2.45, 2.75) is 51.5 Å². The van der Waals surface area contributed by atoms with Crippen molar-refractivity contribution in [2.75, 3.05) is 11.5 Å². The van der Waals surface area contributed by atoms with Crippen LogP contribution < -0.4 is 0 Å². The first-order valence-corrected chi connectivity index (χ1v) is 9.85. The summed E-state index contributed by atoms with van der Waals surface area (Å²) in [4.78, 5) is 4.22. The topological polar surface area (TPSA) is 104 Å². The summed E-state index contributed by atoms with van der Waals surface area (Å²) in [5, 5.41) is 12.1. The van der Waals surface area contributed by atoms with Gasteiger partial charge >= 0.3 is 0 Å². The van der Waals surface area contributed by atoms with Gasteiger partial charge in [-0.05, 0) is 12.8 Å². The summed E-state index contributed by atoms with van der Waals surface area (Å²) in [6.07, 6.45) is 8.03. The van der Waals surface area contributed by atoms with Gasteiger partial charge in [0, 0.05) is 12.2 Å². The predicted octanol–water partition coefficient (Wildman–Crippen LogP) is 1.81. The summed E-state index contributed by atoms with van der Waals surface area (Å²) in [6, 6.07) is 0.391. The van der Waals surface area contributed by atoms with Crippen LogP contribution in [-0.4, -0.2) is 45.1 Å². The van der Waals surface area contributed by atoms with Crippen molar-refractivity contribution >= 4 is 9.84 Å². The van der Waals surface area contributed by atoms with Crippen LogP contribution in [0.1, 0.15) is 50.9 Å². The van der Waals surface area contributed by atoms with E-state index in [4.69, 9.17) is 4.52 Å². The molecule has 0 amide bonds. The minimum absolute atomic E-state index is 0.0250. The largest absolute Gasteiger partial charge is 0.332 e. The second kappa shape index (κ2) is 6.77. The Bertz CT molecular complexity index is 746. The molecular formula is C14H21N5O3S. The van der Waals surface area contributed by atoms with E-state index in [1.807, 2.05) is 10.9 Å². The number of aryl methyl sites for hydroxylation is 1. The SMILES string of the molecule is CCS(=O)(=O)CCc1noc(-c2cn(C3CCCCC3)nn2)n1. The third-order valence-electron chi connectivity index (χ3n) is 4.22. The van der Waals surface area contributed by atoms with Crippen molar-refractivity contribution in [1.29, 1.82) is 0 Å². The molecule has 2 aromatic heterocycles. The molecule has 8 nitrogen and oxygen atoms in total. The third-order valence-corrected chi connectivity index (χ3v) is 5.93. The Kier molecular flexibility index (Phi) is 4.74. The van der Waals surface area contributed by atoms with Crippen molar-refractivity contribution in [3.8, 4) is 11.6 Å². The second-order valence-electron chi connectivity index (χ2n) is 5.88. The molecule has 1 aliphatic carbocycles. The number of aromatic nitrogens is 5. The van der Waals surface area contributed by atoms with Gasteiger partial charge < -0.3 is 4.52 Å². The first-order valence-electron chi connectivity index (χ1n) is 8.02. The molecule has 0 N–H and O–H groups in total. The first-order chi connectivity index (χ1) is 11.1. The fourth-order valence-electron chi connectivity index (χ4n) is 2.75. The summed E-state index contributed by atoms with van der Waals surface area (Å²) < 4.78 is 30.1. The first kappa shape index (κ1) is 16.1. The van der Waals surface area contributed by atoms with E-state index < -0.39 is 9.84 Å². The Morgan fingerprint density at radius 3 is 2.83 bits per heavy atom. The molecule has 9 heteroatoms. The van der Waals surface area contributed by atoms with Gasteiger partial charge in [0.2, 0.25) is 0 Å². The summed E-state index contributed by atoms with van der Waals surface area (Å²) >= 11 is 0. The van der Waals surface area contributed by atoms with Crippen LogP contribution in [0.3, 0.4) is 0 Å². The zero-order valence-electron chi connectivity index (χ0n) is 13.2. The molecule has 2 aromatic rings. The van der Waals surface area contributed by atoms with Crippen LogP contribution in [0.4, 0.5) is 0 Å². The number of rotatable bonds is 6. The normalized spacial score (nSPS) is 16.7. The monoisotopic (exact) mass is 339 g/mol. The van der Waals surface area contributed by atoms with E-state index in [2.05, 4.69) is 20.5 Å². The maximum absolute atomic E-state index is 11.5. The molecular weight excluding hydrogens is 318 g/mol. The molecule has 3 rings (SSSR count). The third kappa shape index (κ3) is 3.95. The lowest BCUT2D eigenvalue weighted by atomic mass is 9.96. The maximum Gasteiger partial charge on any atom is 0.280 e. The number of nitrogens with zero attached hydrogens (tertiary/aromatic N) is 5. The lowest BCUT2D eigenvalue weighted by Crippen LogP contribution is -2.13. The Labute approximate surface area is 135 Å². The molecule has 23 heavy (non-hydrogen) atoms. The molecule has 0 spiro atoms. The molecule has 1 fully saturated rings. The second-order valence-corrected chi connectivity index (χ2v) is 8.35. The summed E-state index contributed by atoms with van der Waals surface area (Å²) in [5.74, 6) is 0.810. The molecule has 0 aliphatic heterocycles. The fourth-order valence-corrected chi connectivity index (χ4v) is 3.53. The number of sulfone groups is 1. The van der Waals surface area contributed by atoms with E-state index in [-0.39, 0.29) is 23.8 Å². The minimum Gasteiger partial charge on any atom is -0.332 e. The minimum atomic E-state index is -3.04. The molecule has 0 radical (unpaired) electrons. The van der Waals surface area contributed by atoms with Crippen molar-refractivity contribution in [2.24, 2.45) is 0 Å². The van der Waals surface area contributed by atoms with Gasteiger partial charge in [0.1, 0.15) is 9.84 Å². The van der Waals surface area contributed by atoms with Gasteiger partial charge in [0.25, 0.3) is 5.89 Å². The zero-order chi connectivity index (χ0) is 16.3. The van der Waals surface area contributed by atoms with Gasteiger partial charge in [-0.15, -0.1) is 5.10 Å². The summed E-state index contributed by atoms with van der Waals surface area (Å²) in [6.45, 7) is 1.63. The zero-order valence-corrected chi connectivity index (χ0v) is 14.0. The standard InChI is InChI=1S/C14H21N5O3S/c1-2-23(20,21)9-8-13-15-14(22-17-13)12-10-19(18-16-12)11-6-4-3-5-7-11/h10-11H,2-9H2,1H3. The predicted molar refractivity (Wildman–Crippen MR) is 83.5 cm³/mol. The highest BCUT2D eigenvalue weighted by Gasteiger charge is 2.19. The van der Waals surface area contributed by atoms with Crippen molar-refractivity contribution in [3.05, 3.63) is 12.0 Å². The van der Waals surface area contributed by atoms with E-state index >= 15 is 0 Å². The van der Waals surface area contributed by atoms with Gasteiger partial charge in [-0.3, -0.25) is 0 Å². The summed E-state index contributed by atoms with van der Waals surface area (Å²) in [5.41, 5.74) is 0.535. The fraction of sp³-hybridized carbons (Fsp3) is 0.714. The number of hydrogen-bond donors (Lipinski definition) is 0. The number of hydrogen-bond acceptors (Lipinski definition) is 7. The van der Waals surface area contributed by atoms with E-state index in [0.29, 0.717) is 17.6 Å². The average Bonchev–Trinajstić information content (AvgIpc) is 3.23. The lowest BCUT2D eigenvalue weighted by Gasteiger charge is -2.20. The average molecular weight is 339 g/mol. The molecule has 0 saturated heterocycles. The van der Waals surface area contributed by atoms with Gasteiger partial charge in [-0.25, -0.2) is 13.1 Å². The molecule has 126 valence electrons. The van der Waals surface area contributed by atoms with Crippen LogP contribution in [0.2, 0.25) is 0 Å². The smallest absolute Gasteiger partial charge is 0.280 e. The van der Waals surface area contributed by atoms with Gasteiger partial charge in [0.15, 0.2) is 11.5 Å². The van der Waals surface area contributed by atoms with Crippen LogP contribution in [0.25, 0.3) is 11.6 Å². The molecule has 0 aromatic carbocycles. The Morgan fingerprint density at radius 1 is 1.30 bits per heavy atom. The van der Waals surface area contributed by atoms with Crippen LogP contribution in [0.15, 0.2) is 10.7 Å². The molecule has 0 unspecified atom stereocenters. The van der Waals surface area contributed by atoms with Crippen LogP contribution >= 0.6 is 0 Å². The van der Waals surface area contributed by atoms with Gasteiger partial charge in [-0.1, -0.05) is 36.6 Å². The maximum atomic E-state index is 11.5. The quantitative estimate of drug-likeness (QED) is 0.790. The highest BCUT2D eigenvalue weighted by molar-refractivity contribution is 7.91. The van der Waals surface area contributed by atoms with Crippen molar-refractivity contribution < 1.29 is 12.9 Å². The van der Waals surface area contributed by atoms with Gasteiger partial charge in [0.05, 0.1) is 18.0 Å². The van der Waals surface area contributed by atoms with E-state index in [1.165, 1.54) is 19.3 Å². The summed E-state index contributed by atoms with van der Waals surface area (Å²) in [7, 11) is -3.04. The molecule has 1 saturated carbocycles. The van der Waals surface area contributed by atoms with E-state index in [0.717, 1.165) is 12.8 Å². The lowest BCUT2D eigenvalue weighted by molar-refractivity contribution is 0.324. The Balaban J connectivity index is 1.67. The van der Waals surface area contributed by atoms with Crippen LogP contribution in [-0.2, 0) is 16.3 Å². The molecule has 2 heterocycles. The van der Waals surface area contributed by atoms with Crippen LogP contribution in [0, 0.1) is 0 Å². The van der Waals surface area contributed by atoms with Crippen LogP contribution in [0.5, 0.6) is 0 Å². The van der Waals surface area contributed by atoms with Gasteiger partial charge in [-0.2, -0.15) is 4.98 Å². The highest BCUT2D eigenvalue weighted by Crippen LogP contribution is 2.28. The van der Waals surface area contributed by atoms with E-state index in [1.54, 1.807) is 6.92 Å². The van der Waals surface area contributed by atoms with Crippen molar-refractivity contribution in [1.82, 2.24) is 25.1 Å². The highest BCUT2D eigenvalue weighted by atomic mass is 32.2. The Morgan fingerprint density at radius 2 is 2.09 bits per heavy atom. The molecule has 0 atom stereocenters.